The van der Waals surface area contributed by atoms with Crippen molar-refractivity contribution in [2.24, 2.45) is 5.10 Å². The Morgan fingerprint density at radius 3 is 2.36 bits per heavy atom. The summed E-state index contributed by atoms with van der Waals surface area (Å²) in [6, 6.07) is 5.39. The second-order valence-electron chi connectivity index (χ2n) is 5.15. The van der Waals surface area contributed by atoms with Crippen LogP contribution in [0.2, 0.25) is 0 Å². The fraction of sp³-hybridized carbons (Fsp3) is 0.176. The number of aryl methyl sites for hydroxylation is 1. The highest BCUT2D eigenvalue weighted by atomic mass is 16.5. The Kier molecular flexibility index (Phi) is 5.33. The van der Waals surface area contributed by atoms with Gasteiger partial charge in [-0.15, -0.1) is 0 Å². The van der Waals surface area contributed by atoms with Crippen LogP contribution in [0.5, 0.6) is 28.7 Å². The summed E-state index contributed by atoms with van der Waals surface area (Å²) in [5.74, 6) is -1.33. The molecule has 1 amide bonds. The predicted octanol–water partition coefficient (Wildman–Crippen LogP) is 1.89. The molecule has 0 unspecified atom stereocenters. The number of hydrazone groups is 1. The van der Waals surface area contributed by atoms with E-state index < -0.39 is 23.2 Å². The Bertz CT molecular complexity index is 832. The number of rotatable bonds is 5. The number of phenols is 3. The van der Waals surface area contributed by atoms with Gasteiger partial charge in [-0.1, -0.05) is 0 Å². The van der Waals surface area contributed by atoms with Crippen LogP contribution in [0.3, 0.4) is 0 Å². The van der Waals surface area contributed by atoms with Crippen LogP contribution in [-0.2, 0) is 0 Å². The van der Waals surface area contributed by atoms with E-state index in [2.05, 4.69) is 10.5 Å². The van der Waals surface area contributed by atoms with Gasteiger partial charge in [0.05, 0.1) is 26.0 Å². The molecule has 2 aromatic carbocycles. The molecule has 8 heteroatoms. The van der Waals surface area contributed by atoms with Crippen molar-refractivity contribution in [2.45, 2.75) is 6.92 Å². The van der Waals surface area contributed by atoms with Gasteiger partial charge in [-0.2, -0.15) is 5.10 Å². The summed E-state index contributed by atoms with van der Waals surface area (Å²) in [7, 11) is 3.00. The molecule has 0 heterocycles. The highest BCUT2D eigenvalue weighted by molar-refractivity contribution is 5.98. The Morgan fingerprint density at radius 2 is 1.72 bits per heavy atom. The number of aromatic hydroxyl groups is 3. The zero-order chi connectivity index (χ0) is 18.6. The van der Waals surface area contributed by atoms with E-state index >= 15 is 0 Å². The minimum atomic E-state index is -0.761. The van der Waals surface area contributed by atoms with Gasteiger partial charge in [0.25, 0.3) is 5.91 Å². The molecule has 0 radical (unpaired) electrons. The molecular weight excluding hydrogens is 328 g/mol. The number of phenolic OH excluding ortho intramolecular Hbond substituents is 3. The Hall–Kier alpha value is -3.42. The average molecular weight is 346 g/mol. The van der Waals surface area contributed by atoms with Crippen LogP contribution in [0.1, 0.15) is 21.5 Å². The van der Waals surface area contributed by atoms with Crippen molar-refractivity contribution in [3.63, 3.8) is 0 Å². The summed E-state index contributed by atoms with van der Waals surface area (Å²) in [5.41, 5.74) is 3.48. The molecule has 0 bridgehead atoms. The summed E-state index contributed by atoms with van der Waals surface area (Å²) in [4.78, 5) is 12.0. The number of hydrogen-bond donors (Lipinski definition) is 4. The lowest BCUT2D eigenvalue weighted by Crippen LogP contribution is -2.17. The zero-order valence-electron chi connectivity index (χ0n) is 13.9. The molecule has 0 aliphatic heterocycles. The third kappa shape index (κ3) is 3.92. The minimum Gasteiger partial charge on any atom is -0.507 e. The smallest absolute Gasteiger partial charge is 0.275 e. The number of benzene rings is 2. The van der Waals surface area contributed by atoms with E-state index in [1.165, 1.54) is 20.4 Å². The molecule has 8 nitrogen and oxygen atoms in total. The van der Waals surface area contributed by atoms with Gasteiger partial charge in [0.1, 0.15) is 5.75 Å². The van der Waals surface area contributed by atoms with Crippen LogP contribution >= 0.6 is 0 Å². The van der Waals surface area contributed by atoms with Crippen molar-refractivity contribution >= 4 is 12.1 Å². The lowest BCUT2D eigenvalue weighted by atomic mass is 10.1. The number of methoxy groups -OCH3 is 2. The highest BCUT2D eigenvalue weighted by Gasteiger charge is 2.15. The quantitative estimate of drug-likeness (QED) is 0.284. The van der Waals surface area contributed by atoms with E-state index in [0.29, 0.717) is 17.1 Å². The normalized spacial score (nSPS) is 10.7. The molecule has 132 valence electrons. The number of nitrogens with one attached hydrogen (secondary N) is 1. The largest absolute Gasteiger partial charge is 0.507 e. The van der Waals surface area contributed by atoms with E-state index in [9.17, 15) is 20.1 Å². The third-order valence-electron chi connectivity index (χ3n) is 3.36. The SMILES string of the molecule is COc1cc(C)cc(C=NNC(=O)c2cc(O)c(O)cc2O)c1OC. The number of carbonyl (C=O) groups excluding carboxylic acids is 1. The molecule has 0 spiro atoms. The van der Waals surface area contributed by atoms with Gasteiger partial charge < -0.3 is 24.8 Å². The molecule has 0 fully saturated rings. The Labute approximate surface area is 143 Å². The van der Waals surface area contributed by atoms with Gasteiger partial charge in [-0.25, -0.2) is 5.43 Å². The lowest BCUT2D eigenvalue weighted by molar-refractivity contribution is 0.0952. The van der Waals surface area contributed by atoms with Crippen molar-refractivity contribution in [3.8, 4) is 28.7 Å². The summed E-state index contributed by atoms with van der Waals surface area (Å²) in [6.07, 6.45) is 1.36. The maximum Gasteiger partial charge on any atom is 0.275 e. The fourth-order valence-electron chi connectivity index (χ4n) is 2.20. The third-order valence-corrected chi connectivity index (χ3v) is 3.36. The number of carbonyl (C=O) groups is 1. The van der Waals surface area contributed by atoms with Crippen LogP contribution in [0.25, 0.3) is 0 Å². The van der Waals surface area contributed by atoms with E-state index in [1.54, 1.807) is 12.1 Å². The second-order valence-corrected chi connectivity index (χ2v) is 5.15. The molecule has 0 atom stereocenters. The van der Waals surface area contributed by atoms with Gasteiger partial charge in [0, 0.05) is 17.7 Å². The fourth-order valence-corrected chi connectivity index (χ4v) is 2.20. The second kappa shape index (κ2) is 7.43. The van der Waals surface area contributed by atoms with E-state index in [1.807, 2.05) is 6.92 Å². The molecule has 2 rings (SSSR count). The standard InChI is InChI=1S/C17H18N2O6/c1-9-4-10(16(25-3)15(5-9)24-2)8-18-19-17(23)11-6-13(21)14(22)7-12(11)20/h4-8,20-22H,1-3H3,(H,19,23). The van der Waals surface area contributed by atoms with Gasteiger partial charge in [0.15, 0.2) is 23.0 Å². The van der Waals surface area contributed by atoms with Crippen molar-refractivity contribution in [1.29, 1.82) is 0 Å². The van der Waals surface area contributed by atoms with Crippen molar-refractivity contribution in [1.82, 2.24) is 5.43 Å². The molecule has 0 aromatic heterocycles. The highest BCUT2D eigenvalue weighted by Crippen LogP contribution is 2.32. The monoisotopic (exact) mass is 346 g/mol. The predicted molar refractivity (Wildman–Crippen MR) is 90.8 cm³/mol. The van der Waals surface area contributed by atoms with Gasteiger partial charge in [-0.3, -0.25) is 4.79 Å². The van der Waals surface area contributed by atoms with Crippen molar-refractivity contribution < 1.29 is 29.6 Å². The number of hydrogen-bond acceptors (Lipinski definition) is 7. The summed E-state index contributed by atoms with van der Waals surface area (Å²) in [6.45, 7) is 1.87. The molecule has 0 saturated heterocycles. The lowest BCUT2D eigenvalue weighted by Gasteiger charge is -2.11. The summed E-state index contributed by atoms with van der Waals surface area (Å²) in [5, 5.41) is 32.2. The molecule has 0 aliphatic rings. The first-order valence-corrected chi connectivity index (χ1v) is 7.18. The minimum absolute atomic E-state index is 0.235. The molecular formula is C17H18N2O6. The average Bonchev–Trinajstić information content (AvgIpc) is 2.57. The van der Waals surface area contributed by atoms with Crippen LogP contribution in [-0.4, -0.2) is 41.7 Å². The molecule has 25 heavy (non-hydrogen) atoms. The molecule has 4 N–H and O–H groups in total. The number of ether oxygens (including phenoxy) is 2. The van der Waals surface area contributed by atoms with E-state index in [-0.39, 0.29) is 5.56 Å². The Morgan fingerprint density at radius 1 is 1.04 bits per heavy atom. The van der Waals surface area contributed by atoms with Crippen molar-refractivity contribution in [2.75, 3.05) is 14.2 Å². The van der Waals surface area contributed by atoms with Crippen LogP contribution < -0.4 is 14.9 Å². The summed E-state index contributed by atoms with van der Waals surface area (Å²) < 4.78 is 10.5. The number of nitrogens with zero attached hydrogens (tertiary/aromatic N) is 1. The molecule has 0 aliphatic carbocycles. The van der Waals surface area contributed by atoms with Crippen LogP contribution in [0.4, 0.5) is 0 Å². The van der Waals surface area contributed by atoms with Gasteiger partial charge in [0.2, 0.25) is 0 Å². The van der Waals surface area contributed by atoms with E-state index in [0.717, 1.165) is 17.7 Å². The first kappa shape index (κ1) is 17.9. The maximum absolute atomic E-state index is 12.0. The Balaban J connectivity index is 2.23. The van der Waals surface area contributed by atoms with Crippen molar-refractivity contribution in [3.05, 3.63) is 41.0 Å². The van der Waals surface area contributed by atoms with Crippen LogP contribution in [0.15, 0.2) is 29.4 Å². The first-order chi connectivity index (χ1) is 11.9. The molecule has 0 saturated carbocycles. The maximum atomic E-state index is 12.0. The topological polar surface area (TPSA) is 121 Å². The van der Waals surface area contributed by atoms with Gasteiger partial charge in [-0.05, 0) is 24.6 Å². The number of amides is 1. The van der Waals surface area contributed by atoms with Gasteiger partial charge >= 0.3 is 0 Å². The van der Waals surface area contributed by atoms with E-state index in [4.69, 9.17) is 9.47 Å². The zero-order valence-corrected chi connectivity index (χ0v) is 13.9. The van der Waals surface area contributed by atoms with Crippen LogP contribution in [0, 0.1) is 6.92 Å². The summed E-state index contributed by atoms with van der Waals surface area (Å²) >= 11 is 0. The molecule has 2 aromatic rings. The first-order valence-electron chi connectivity index (χ1n) is 7.18.